The summed E-state index contributed by atoms with van der Waals surface area (Å²) in [4.78, 5) is 27.2. The van der Waals surface area contributed by atoms with E-state index >= 15 is 0 Å². The molecular weight excluding hydrogens is 362 g/mol. The highest BCUT2D eigenvalue weighted by Gasteiger charge is 2.23. The van der Waals surface area contributed by atoms with Gasteiger partial charge in [0.1, 0.15) is 0 Å². The third-order valence-electron chi connectivity index (χ3n) is 6.02. The van der Waals surface area contributed by atoms with Crippen molar-refractivity contribution in [2.45, 2.75) is 65.5 Å². The number of nitrogens with zero attached hydrogens (tertiary/aromatic N) is 2. The number of amides is 2. The first-order chi connectivity index (χ1) is 14.0. The van der Waals surface area contributed by atoms with Gasteiger partial charge in [0.15, 0.2) is 0 Å². The molecule has 0 spiro atoms. The van der Waals surface area contributed by atoms with Gasteiger partial charge in [-0.15, -0.1) is 0 Å². The van der Waals surface area contributed by atoms with Crippen LogP contribution in [0.5, 0.6) is 0 Å². The van der Waals surface area contributed by atoms with E-state index in [1.165, 1.54) is 32.1 Å². The number of likely N-dealkylation sites (N-methyl/N-ethyl adjacent to an activating group) is 1. The van der Waals surface area contributed by atoms with Crippen LogP contribution in [0.1, 0.15) is 72.4 Å². The summed E-state index contributed by atoms with van der Waals surface area (Å²) in [7, 11) is 0. The molecule has 0 saturated heterocycles. The molecule has 1 aliphatic carbocycles. The van der Waals surface area contributed by atoms with Crippen molar-refractivity contribution in [1.82, 2.24) is 14.8 Å². The molecule has 1 aromatic heterocycles. The molecule has 29 heavy (non-hydrogen) atoms. The van der Waals surface area contributed by atoms with Crippen molar-refractivity contribution in [2.24, 2.45) is 0 Å². The molecule has 0 atom stereocenters. The number of carbonyl (C=O) groups excluding carboxylic acids is 2. The van der Waals surface area contributed by atoms with Gasteiger partial charge in [-0.3, -0.25) is 9.59 Å². The van der Waals surface area contributed by atoms with E-state index in [4.69, 9.17) is 0 Å². The summed E-state index contributed by atoms with van der Waals surface area (Å²) in [5.41, 5.74) is 3.91. The topological polar surface area (TPSA) is 54.3 Å². The molecule has 5 nitrogen and oxygen atoms in total. The highest BCUT2D eigenvalue weighted by atomic mass is 16.2. The molecule has 0 bridgehead atoms. The fraction of sp³-hybridized carbons (Fsp3) is 0.500. The second-order valence-electron chi connectivity index (χ2n) is 8.02. The Labute approximate surface area is 174 Å². The van der Waals surface area contributed by atoms with Crippen molar-refractivity contribution < 1.29 is 9.59 Å². The van der Waals surface area contributed by atoms with E-state index in [0.29, 0.717) is 24.7 Å². The van der Waals surface area contributed by atoms with Crippen molar-refractivity contribution in [1.29, 1.82) is 0 Å². The second kappa shape index (κ2) is 9.77. The molecule has 1 heterocycles. The van der Waals surface area contributed by atoms with Crippen molar-refractivity contribution in [3.05, 3.63) is 58.9 Å². The molecule has 1 N–H and O–H groups in total. The van der Waals surface area contributed by atoms with Crippen LogP contribution >= 0.6 is 0 Å². The van der Waals surface area contributed by atoms with Crippen LogP contribution < -0.4 is 5.32 Å². The standard InChI is InChI=1S/C24H33N3O2/c1-4-26(17-20-11-7-5-8-12-20)23(28)16-25-24(29)22-15-18(2)27(19(22)3)21-13-9-6-10-14-21/h5,7-8,11-12,15,21H,4,6,9-10,13-14,16-17H2,1-3H3,(H,25,29). The summed E-state index contributed by atoms with van der Waals surface area (Å²) in [6, 6.07) is 12.4. The highest BCUT2D eigenvalue weighted by Crippen LogP contribution is 2.32. The van der Waals surface area contributed by atoms with Gasteiger partial charge in [0.2, 0.25) is 5.91 Å². The summed E-state index contributed by atoms with van der Waals surface area (Å²) in [5.74, 6) is -0.227. The second-order valence-corrected chi connectivity index (χ2v) is 8.02. The molecule has 5 heteroatoms. The zero-order chi connectivity index (χ0) is 20.8. The number of aromatic nitrogens is 1. The first-order valence-corrected chi connectivity index (χ1v) is 10.8. The maximum Gasteiger partial charge on any atom is 0.253 e. The van der Waals surface area contributed by atoms with Crippen LogP contribution in [-0.2, 0) is 11.3 Å². The minimum Gasteiger partial charge on any atom is -0.345 e. The molecule has 0 aliphatic heterocycles. The molecule has 1 aromatic carbocycles. The van der Waals surface area contributed by atoms with E-state index in [9.17, 15) is 9.59 Å². The average molecular weight is 396 g/mol. The lowest BCUT2D eigenvalue weighted by atomic mass is 9.95. The van der Waals surface area contributed by atoms with E-state index < -0.39 is 0 Å². The van der Waals surface area contributed by atoms with Crippen LogP contribution in [0.25, 0.3) is 0 Å². The molecular formula is C24H33N3O2. The van der Waals surface area contributed by atoms with Gasteiger partial charge in [-0.2, -0.15) is 0 Å². The number of carbonyl (C=O) groups is 2. The van der Waals surface area contributed by atoms with Gasteiger partial charge in [0, 0.05) is 30.5 Å². The average Bonchev–Trinajstić information content (AvgIpc) is 3.05. The number of hydrogen-bond donors (Lipinski definition) is 1. The molecule has 1 saturated carbocycles. The molecule has 2 aromatic rings. The van der Waals surface area contributed by atoms with E-state index in [0.717, 1.165) is 17.0 Å². The molecule has 0 unspecified atom stereocenters. The molecule has 156 valence electrons. The van der Waals surface area contributed by atoms with Gasteiger partial charge >= 0.3 is 0 Å². The number of hydrogen-bond acceptors (Lipinski definition) is 2. The van der Waals surface area contributed by atoms with Crippen LogP contribution in [0.4, 0.5) is 0 Å². The van der Waals surface area contributed by atoms with Crippen LogP contribution in [0.3, 0.4) is 0 Å². The first kappa shape index (κ1) is 21.2. The summed E-state index contributed by atoms with van der Waals surface area (Å²) < 4.78 is 2.32. The van der Waals surface area contributed by atoms with Gasteiger partial charge in [0.25, 0.3) is 5.91 Å². The van der Waals surface area contributed by atoms with Crippen LogP contribution in [0.2, 0.25) is 0 Å². The van der Waals surface area contributed by atoms with E-state index in [1.807, 2.05) is 50.2 Å². The minimum atomic E-state index is -0.163. The Morgan fingerprint density at radius 1 is 1.10 bits per heavy atom. The summed E-state index contributed by atoms with van der Waals surface area (Å²) in [6.45, 7) is 7.24. The Kier molecular flexibility index (Phi) is 7.13. The zero-order valence-electron chi connectivity index (χ0n) is 17.9. The van der Waals surface area contributed by atoms with Gasteiger partial charge in [0.05, 0.1) is 12.1 Å². The predicted octanol–water partition coefficient (Wildman–Crippen LogP) is 4.39. The van der Waals surface area contributed by atoms with Crippen molar-refractivity contribution in [2.75, 3.05) is 13.1 Å². The van der Waals surface area contributed by atoms with E-state index in [1.54, 1.807) is 4.90 Å². The first-order valence-electron chi connectivity index (χ1n) is 10.8. The lowest BCUT2D eigenvalue weighted by Gasteiger charge is -2.26. The Bertz CT molecular complexity index is 835. The predicted molar refractivity (Wildman–Crippen MR) is 116 cm³/mol. The summed E-state index contributed by atoms with van der Waals surface area (Å²) >= 11 is 0. The number of benzene rings is 1. The van der Waals surface area contributed by atoms with Crippen molar-refractivity contribution in [3.8, 4) is 0 Å². The number of rotatable bonds is 7. The third-order valence-corrected chi connectivity index (χ3v) is 6.02. The van der Waals surface area contributed by atoms with Crippen LogP contribution in [0.15, 0.2) is 36.4 Å². The monoisotopic (exact) mass is 395 g/mol. The molecule has 2 amide bonds. The SMILES string of the molecule is CCN(Cc1ccccc1)C(=O)CNC(=O)c1cc(C)n(C2CCCCC2)c1C. The Hall–Kier alpha value is -2.56. The highest BCUT2D eigenvalue weighted by molar-refractivity contribution is 5.97. The van der Waals surface area contributed by atoms with Crippen molar-refractivity contribution >= 4 is 11.8 Å². The third kappa shape index (κ3) is 5.08. The Morgan fingerprint density at radius 3 is 2.45 bits per heavy atom. The molecule has 1 fully saturated rings. The number of nitrogens with one attached hydrogen (secondary N) is 1. The maximum atomic E-state index is 12.8. The summed E-state index contributed by atoms with van der Waals surface area (Å²) in [6.07, 6.45) is 6.18. The van der Waals surface area contributed by atoms with Crippen LogP contribution in [0, 0.1) is 13.8 Å². The van der Waals surface area contributed by atoms with E-state index in [-0.39, 0.29) is 18.4 Å². The minimum absolute atomic E-state index is 0.0204. The lowest BCUT2D eigenvalue weighted by molar-refractivity contribution is -0.130. The fourth-order valence-electron chi connectivity index (χ4n) is 4.45. The Morgan fingerprint density at radius 2 is 1.79 bits per heavy atom. The quantitative estimate of drug-likeness (QED) is 0.756. The van der Waals surface area contributed by atoms with Gasteiger partial charge in [-0.25, -0.2) is 0 Å². The summed E-state index contributed by atoms with van der Waals surface area (Å²) in [5, 5.41) is 2.84. The smallest absolute Gasteiger partial charge is 0.253 e. The lowest BCUT2D eigenvalue weighted by Crippen LogP contribution is -2.39. The van der Waals surface area contributed by atoms with E-state index in [2.05, 4.69) is 16.8 Å². The van der Waals surface area contributed by atoms with Gasteiger partial charge in [-0.05, 0) is 45.2 Å². The fourth-order valence-corrected chi connectivity index (χ4v) is 4.45. The maximum absolute atomic E-state index is 12.8. The van der Waals surface area contributed by atoms with Crippen LogP contribution in [-0.4, -0.2) is 34.4 Å². The molecule has 1 aliphatic rings. The van der Waals surface area contributed by atoms with Gasteiger partial charge < -0.3 is 14.8 Å². The largest absolute Gasteiger partial charge is 0.345 e. The number of aryl methyl sites for hydroxylation is 1. The Balaban J connectivity index is 1.62. The zero-order valence-corrected chi connectivity index (χ0v) is 17.9. The molecule has 3 rings (SSSR count). The van der Waals surface area contributed by atoms with Crippen molar-refractivity contribution in [3.63, 3.8) is 0 Å². The van der Waals surface area contributed by atoms with Gasteiger partial charge in [-0.1, -0.05) is 49.6 Å². The molecule has 0 radical (unpaired) electrons. The normalized spacial score (nSPS) is 14.6.